The Morgan fingerprint density at radius 2 is 2.12 bits per heavy atom. The molecule has 3 rings (SSSR count). The quantitative estimate of drug-likeness (QED) is 0.903. The lowest BCUT2D eigenvalue weighted by Crippen LogP contribution is -2.47. The Labute approximate surface area is 147 Å². The highest BCUT2D eigenvalue weighted by Crippen LogP contribution is 2.24. The van der Waals surface area contributed by atoms with E-state index in [1.54, 1.807) is 12.1 Å². The minimum absolute atomic E-state index is 0.0351. The number of benzene rings is 1. The highest BCUT2D eigenvalue weighted by atomic mass is 35.5. The molecule has 1 aromatic rings. The molecule has 0 radical (unpaired) electrons. The summed E-state index contributed by atoms with van der Waals surface area (Å²) in [5, 5.41) is 3.60. The highest BCUT2D eigenvalue weighted by molar-refractivity contribution is 6.31. The number of carbonyl (C=O) groups is 1. The van der Waals surface area contributed by atoms with Crippen molar-refractivity contribution in [3.63, 3.8) is 0 Å². The summed E-state index contributed by atoms with van der Waals surface area (Å²) in [7, 11) is 0. The lowest BCUT2D eigenvalue weighted by Gasteiger charge is -2.33. The third-order valence-corrected chi connectivity index (χ3v) is 5.24. The second-order valence-corrected chi connectivity index (χ2v) is 7.08. The van der Waals surface area contributed by atoms with E-state index in [0.717, 1.165) is 32.2 Å². The second kappa shape index (κ2) is 8.28. The molecule has 2 saturated heterocycles. The van der Waals surface area contributed by atoms with E-state index in [1.807, 2.05) is 0 Å². The van der Waals surface area contributed by atoms with Gasteiger partial charge in [-0.25, -0.2) is 4.39 Å². The minimum Gasteiger partial charge on any atom is -0.381 e. The SMILES string of the molecule is O=C(NC1CCOCC1)C1CCCN(Cc2c(F)cccc2Cl)C1. The van der Waals surface area contributed by atoms with E-state index in [2.05, 4.69) is 10.2 Å². The summed E-state index contributed by atoms with van der Waals surface area (Å²) in [6, 6.07) is 4.98. The maximum atomic E-state index is 14.0. The molecule has 0 aliphatic carbocycles. The predicted molar refractivity (Wildman–Crippen MR) is 91.4 cm³/mol. The fourth-order valence-corrected chi connectivity index (χ4v) is 3.70. The predicted octanol–water partition coefficient (Wildman–Crippen LogP) is 2.99. The highest BCUT2D eigenvalue weighted by Gasteiger charge is 2.28. The van der Waals surface area contributed by atoms with Gasteiger partial charge in [0, 0.05) is 42.9 Å². The van der Waals surface area contributed by atoms with Gasteiger partial charge in [-0.05, 0) is 44.4 Å². The Morgan fingerprint density at radius 3 is 2.88 bits per heavy atom. The summed E-state index contributed by atoms with van der Waals surface area (Å²) in [4.78, 5) is 14.6. The number of likely N-dealkylation sites (tertiary alicyclic amines) is 1. The van der Waals surface area contributed by atoms with Gasteiger partial charge in [0.25, 0.3) is 0 Å². The molecule has 0 saturated carbocycles. The van der Waals surface area contributed by atoms with Crippen molar-refractivity contribution in [3.8, 4) is 0 Å². The molecule has 132 valence electrons. The summed E-state index contributed by atoms with van der Waals surface area (Å²) < 4.78 is 19.3. The van der Waals surface area contributed by atoms with Gasteiger partial charge in [-0.1, -0.05) is 17.7 Å². The zero-order valence-corrected chi connectivity index (χ0v) is 14.5. The fraction of sp³-hybridized carbons (Fsp3) is 0.611. The van der Waals surface area contributed by atoms with Gasteiger partial charge in [0.2, 0.25) is 5.91 Å². The summed E-state index contributed by atoms with van der Waals surface area (Å²) in [5.74, 6) is -0.199. The third-order valence-electron chi connectivity index (χ3n) is 4.89. The zero-order chi connectivity index (χ0) is 16.9. The monoisotopic (exact) mass is 354 g/mol. The van der Waals surface area contributed by atoms with E-state index >= 15 is 0 Å². The topological polar surface area (TPSA) is 41.6 Å². The molecule has 2 fully saturated rings. The van der Waals surface area contributed by atoms with Gasteiger partial charge in [0.15, 0.2) is 0 Å². The van der Waals surface area contributed by atoms with Crippen LogP contribution in [0.4, 0.5) is 4.39 Å². The molecule has 2 aliphatic rings. The molecule has 24 heavy (non-hydrogen) atoms. The van der Waals surface area contributed by atoms with Crippen molar-refractivity contribution in [2.24, 2.45) is 5.92 Å². The Morgan fingerprint density at radius 1 is 1.33 bits per heavy atom. The van der Waals surface area contributed by atoms with E-state index in [9.17, 15) is 9.18 Å². The summed E-state index contributed by atoms with van der Waals surface area (Å²) in [6.45, 7) is 3.40. The van der Waals surface area contributed by atoms with Gasteiger partial charge in [-0.2, -0.15) is 0 Å². The number of ether oxygens (including phenoxy) is 1. The van der Waals surface area contributed by atoms with Crippen LogP contribution in [0.3, 0.4) is 0 Å². The van der Waals surface area contributed by atoms with Crippen LogP contribution in [0.1, 0.15) is 31.2 Å². The number of rotatable bonds is 4. The Kier molecular flexibility index (Phi) is 6.09. The van der Waals surface area contributed by atoms with E-state index < -0.39 is 0 Å². The Bertz CT molecular complexity index is 558. The van der Waals surface area contributed by atoms with Crippen molar-refractivity contribution in [2.45, 2.75) is 38.3 Å². The molecule has 2 aliphatic heterocycles. The van der Waals surface area contributed by atoms with Crippen molar-refractivity contribution in [2.75, 3.05) is 26.3 Å². The molecule has 1 N–H and O–H groups in total. The molecule has 0 aromatic heterocycles. The van der Waals surface area contributed by atoms with Crippen molar-refractivity contribution >= 4 is 17.5 Å². The van der Waals surface area contributed by atoms with Crippen LogP contribution in [0.15, 0.2) is 18.2 Å². The normalized spacial score (nSPS) is 23.2. The van der Waals surface area contributed by atoms with Crippen molar-refractivity contribution in [3.05, 3.63) is 34.6 Å². The fourth-order valence-electron chi connectivity index (χ4n) is 3.48. The van der Waals surface area contributed by atoms with Gasteiger partial charge in [0.05, 0.1) is 5.92 Å². The summed E-state index contributed by atoms with van der Waals surface area (Å²) >= 11 is 6.12. The molecule has 0 bridgehead atoms. The number of amides is 1. The van der Waals surface area contributed by atoms with Gasteiger partial charge in [0.1, 0.15) is 5.82 Å². The Hall–Kier alpha value is -1.17. The van der Waals surface area contributed by atoms with Crippen LogP contribution in [0, 0.1) is 11.7 Å². The van der Waals surface area contributed by atoms with Crippen molar-refractivity contribution in [1.82, 2.24) is 10.2 Å². The van der Waals surface area contributed by atoms with E-state index in [1.165, 1.54) is 6.07 Å². The van der Waals surface area contributed by atoms with Crippen LogP contribution in [0.25, 0.3) is 0 Å². The molecule has 1 amide bonds. The zero-order valence-electron chi connectivity index (χ0n) is 13.8. The first kappa shape index (κ1) is 17.6. The first-order valence-electron chi connectivity index (χ1n) is 8.67. The first-order chi connectivity index (χ1) is 11.6. The average molecular weight is 355 g/mol. The molecule has 0 spiro atoms. The standard InChI is InChI=1S/C18H24ClFN2O2/c19-16-4-1-5-17(20)15(16)12-22-8-2-3-13(11-22)18(23)21-14-6-9-24-10-7-14/h1,4-5,13-14H,2-3,6-12H2,(H,21,23). The lowest BCUT2D eigenvalue weighted by atomic mass is 9.95. The average Bonchev–Trinajstić information content (AvgIpc) is 2.59. The maximum absolute atomic E-state index is 14.0. The smallest absolute Gasteiger partial charge is 0.224 e. The van der Waals surface area contributed by atoms with Crippen molar-refractivity contribution in [1.29, 1.82) is 0 Å². The summed E-state index contributed by atoms with van der Waals surface area (Å²) in [5.41, 5.74) is 0.518. The third kappa shape index (κ3) is 4.47. The molecular formula is C18H24ClFN2O2. The van der Waals surface area contributed by atoms with Crippen molar-refractivity contribution < 1.29 is 13.9 Å². The van der Waals surface area contributed by atoms with Gasteiger partial charge >= 0.3 is 0 Å². The summed E-state index contributed by atoms with van der Waals surface area (Å²) in [6.07, 6.45) is 3.59. The lowest BCUT2D eigenvalue weighted by molar-refractivity contribution is -0.128. The second-order valence-electron chi connectivity index (χ2n) is 6.67. The van der Waals surface area contributed by atoms with Gasteiger partial charge in [-0.15, -0.1) is 0 Å². The van der Waals surface area contributed by atoms with Gasteiger partial charge in [-0.3, -0.25) is 9.69 Å². The molecular weight excluding hydrogens is 331 g/mol. The van der Waals surface area contributed by atoms with Crippen LogP contribution in [-0.4, -0.2) is 43.2 Å². The number of hydrogen-bond donors (Lipinski definition) is 1. The minimum atomic E-state index is -0.281. The first-order valence-corrected chi connectivity index (χ1v) is 9.04. The van der Waals surface area contributed by atoms with Crippen LogP contribution in [0.5, 0.6) is 0 Å². The number of piperidine rings is 1. The van der Waals surface area contributed by atoms with E-state index in [-0.39, 0.29) is 23.7 Å². The van der Waals surface area contributed by atoms with Gasteiger partial charge < -0.3 is 10.1 Å². The Balaban J connectivity index is 1.56. The molecule has 4 nitrogen and oxygen atoms in total. The number of carbonyl (C=O) groups excluding carboxylic acids is 1. The largest absolute Gasteiger partial charge is 0.381 e. The number of hydrogen-bond acceptors (Lipinski definition) is 3. The van der Waals surface area contributed by atoms with Crippen LogP contribution in [0.2, 0.25) is 5.02 Å². The molecule has 6 heteroatoms. The maximum Gasteiger partial charge on any atom is 0.224 e. The molecule has 2 heterocycles. The number of nitrogens with zero attached hydrogens (tertiary/aromatic N) is 1. The van der Waals surface area contributed by atoms with Crippen LogP contribution >= 0.6 is 11.6 Å². The van der Waals surface area contributed by atoms with Crippen LogP contribution in [-0.2, 0) is 16.1 Å². The molecule has 1 atom stereocenters. The van der Waals surface area contributed by atoms with E-state index in [0.29, 0.717) is 36.9 Å². The van der Waals surface area contributed by atoms with Crippen LogP contribution < -0.4 is 5.32 Å². The number of nitrogens with one attached hydrogen (secondary N) is 1. The molecule has 1 unspecified atom stereocenters. The van der Waals surface area contributed by atoms with E-state index in [4.69, 9.17) is 16.3 Å². The number of halogens is 2. The molecule has 1 aromatic carbocycles.